The van der Waals surface area contributed by atoms with Crippen LogP contribution in [-0.4, -0.2) is 43.2 Å². The van der Waals surface area contributed by atoms with E-state index in [0.717, 1.165) is 18.4 Å². The van der Waals surface area contributed by atoms with Crippen molar-refractivity contribution in [3.8, 4) is 17.1 Å². The molecule has 180 valence electrons. The summed E-state index contributed by atoms with van der Waals surface area (Å²) in [7, 11) is 3.09. The van der Waals surface area contributed by atoms with Crippen molar-refractivity contribution in [2.45, 2.75) is 45.3 Å². The number of ether oxygens (including phenoxy) is 2. The van der Waals surface area contributed by atoms with E-state index < -0.39 is 5.60 Å². The number of furan rings is 1. The number of fused-ring (bicyclic) bond motifs is 1. The fourth-order valence-electron chi connectivity index (χ4n) is 4.36. The first-order valence-electron chi connectivity index (χ1n) is 11.2. The number of halogens is 1. The second kappa shape index (κ2) is 9.00. The first kappa shape index (κ1) is 23.6. The summed E-state index contributed by atoms with van der Waals surface area (Å²) in [5, 5.41) is 3.22. The molecule has 4 rings (SSSR count). The van der Waals surface area contributed by atoms with Gasteiger partial charge >= 0.3 is 6.09 Å². The number of benzene rings is 2. The Morgan fingerprint density at radius 2 is 1.88 bits per heavy atom. The second-order valence-corrected chi connectivity index (χ2v) is 9.31. The Morgan fingerprint density at radius 1 is 1.18 bits per heavy atom. The smallest absolute Gasteiger partial charge is 0.410 e. The Balaban J connectivity index is 1.84. The number of hydrogen-bond acceptors (Lipinski definition) is 5. The van der Waals surface area contributed by atoms with E-state index in [1.165, 1.54) is 12.1 Å². The maximum atomic E-state index is 13.5. The van der Waals surface area contributed by atoms with Crippen LogP contribution in [0.5, 0.6) is 5.75 Å². The average molecular weight is 469 g/mol. The molecule has 0 spiro atoms. The summed E-state index contributed by atoms with van der Waals surface area (Å²) < 4.78 is 30.9. The van der Waals surface area contributed by atoms with Gasteiger partial charge in [-0.15, -0.1) is 0 Å². The summed E-state index contributed by atoms with van der Waals surface area (Å²) in [6.07, 6.45) is 1.19. The van der Waals surface area contributed by atoms with Crippen molar-refractivity contribution >= 4 is 23.0 Å². The Hall–Kier alpha value is -3.55. The molecule has 34 heavy (non-hydrogen) atoms. The lowest BCUT2D eigenvalue weighted by atomic mass is 9.99. The Morgan fingerprint density at radius 3 is 2.50 bits per heavy atom. The molecular formula is C26H29FN2O5. The maximum absolute atomic E-state index is 13.5. The minimum absolute atomic E-state index is 0.253. The zero-order valence-corrected chi connectivity index (χ0v) is 20.0. The lowest BCUT2D eigenvalue weighted by Crippen LogP contribution is -2.36. The third kappa shape index (κ3) is 4.44. The summed E-state index contributed by atoms with van der Waals surface area (Å²) in [6.45, 7) is 6.08. The van der Waals surface area contributed by atoms with E-state index in [0.29, 0.717) is 40.2 Å². The van der Waals surface area contributed by atoms with Gasteiger partial charge < -0.3 is 24.1 Å². The van der Waals surface area contributed by atoms with E-state index in [1.54, 1.807) is 37.3 Å². The van der Waals surface area contributed by atoms with E-state index in [4.69, 9.17) is 13.9 Å². The quantitative estimate of drug-likeness (QED) is 0.533. The molecule has 0 bridgehead atoms. The molecule has 1 aromatic heterocycles. The molecule has 2 heterocycles. The van der Waals surface area contributed by atoms with Crippen molar-refractivity contribution in [1.29, 1.82) is 0 Å². The zero-order chi connectivity index (χ0) is 24.6. The van der Waals surface area contributed by atoms with Crippen molar-refractivity contribution in [1.82, 2.24) is 10.2 Å². The molecule has 0 saturated carbocycles. The van der Waals surface area contributed by atoms with E-state index in [1.807, 2.05) is 26.8 Å². The highest BCUT2D eigenvalue weighted by Gasteiger charge is 2.35. The van der Waals surface area contributed by atoms with E-state index in [9.17, 15) is 14.0 Å². The van der Waals surface area contributed by atoms with Gasteiger partial charge in [0.05, 0.1) is 18.7 Å². The van der Waals surface area contributed by atoms with Crippen LogP contribution in [0.3, 0.4) is 0 Å². The van der Waals surface area contributed by atoms with Crippen molar-refractivity contribution in [2.24, 2.45) is 0 Å². The van der Waals surface area contributed by atoms with Gasteiger partial charge in [-0.1, -0.05) is 0 Å². The molecule has 1 unspecified atom stereocenters. The minimum atomic E-state index is -0.605. The molecule has 7 nitrogen and oxygen atoms in total. The molecule has 1 atom stereocenters. The number of carbonyl (C=O) groups is 2. The maximum Gasteiger partial charge on any atom is 0.410 e. The fraction of sp³-hybridized carbons (Fsp3) is 0.385. The molecule has 0 aliphatic carbocycles. The van der Waals surface area contributed by atoms with Gasteiger partial charge in [0.2, 0.25) is 0 Å². The Bertz CT molecular complexity index is 1230. The SMILES string of the molecule is CNC(=O)c1c(-c2ccc(F)cc2)oc2cc(C3CCCN3C(=O)OC(C)(C)C)c(OC)cc12. The largest absolute Gasteiger partial charge is 0.496 e. The van der Waals surface area contributed by atoms with E-state index >= 15 is 0 Å². The molecule has 0 radical (unpaired) electrons. The topological polar surface area (TPSA) is 81.0 Å². The van der Waals surface area contributed by atoms with Crippen LogP contribution in [0.4, 0.5) is 9.18 Å². The van der Waals surface area contributed by atoms with Gasteiger partial charge in [-0.25, -0.2) is 9.18 Å². The second-order valence-electron chi connectivity index (χ2n) is 9.31. The third-order valence-electron chi connectivity index (χ3n) is 5.84. The van der Waals surface area contributed by atoms with Crippen LogP contribution in [0.1, 0.15) is 55.6 Å². The highest BCUT2D eigenvalue weighted by atomic mass is 19.1. The zero-order valence-electron chi connectivity index (χ0n) is 20.0. The summed E-state index contributed by atoms with van der Waals surface area (Å²) in [5.41, 5.74) is 1.56. The van der Waals surface area contributed by atoms with Crippen molar-refractivity contribution < 1.29 is 27.9 Å². The van der Waals surface area contributed by atoms with Crippen LogP contribution >= 0.6 is 0 Å². The number of hydrogen-bond donors (Lipinski definition) is 1. The number of nitrogens with one attached hydrogen (secondary N) is 1. The van der Waals surface area contributed by atoms with Crippen LogP contribution in [0.25, 0.3) is 22.3 Å². The van der Waals surface area contributed by atoms with E-state index in [2.05, 4.69) is 5.32 Å². The summed E-state index contributed by atoms with van der Waals surface area (Å²) in [5.74, 6) is 0.173. The number of methoxy groups -OCH3 is 1. The molecule has 1 saturated heterocycles. The molecule has 1 aliphatic heterocycles. The van der Waals surface area contributed by atoms with Crippen molar-refractivity contribution in [3.63, 3.8) is 0 Å². The van der Waals surface area contributed by atoms with Crippen LogP contribution in [0.15, 0.2) is 40.8 Å². The molecule has 2 amide bonds. The number of amides is 2. The number of nitrogens with zero attached hydrogens (tertiary/aromatic N) is 1. The fourth-order valence-corrected chi connectivity index (χ4v) is 4.36. The third-order valence-corrected chi connectivity index (χ3v) is 5.84. The van der Waals surface area contributed by atoms with Gasteiger partial charge in [-0.3, -0.25) is 4.79 Å². The Labute approximate surface area is 197 Å². The van der Waals surface area contributed by atoms with Crippen molar-refractivity contribution in [2.75, 3.05) is 20.7 Å². The molecule has 1 fully saturated rings. The number of likely N-dealkylation sites (tertiary alicyclic amines) is 1. The number of carbonyl (C=O) groups excluding carboxylic acids is 2. The van der Waals surface area contributed by atoms with Gasteiger partial charge in [-0.05, 0) is 70.0 Å². The average Bonchev–Trinajstić information content (AvgIpc) is 3.41. The van der Waals surface area contributed by atoms with Crippen LogP contribution in [0, 0.1) is 5.82 Å². The molecule has 3 aromatic rings. The summed E-state index contributed by atoms with van der Waals surface area (Å²) in [4.78, 5) is 27.4. The van der Waals surface area contributed by atoms with Gasteiger partial charge in [0, 0.05) is 30.1 Å². The van der Waals surface area contributed by atoms with Gasteiger partial charge in [0.15, 0.2) is 0 Å². The van der Waals surface area contributed by atoms with Gasteiger partial charge in [-0.2, -0.15) is 0 Å². The first-order valence-corrected chi connectivity index (χ1v) is 11.2. The minimum Gasteiger partial charge on any atom is -0.496 e. The highest BCUT2D eigenvalue weighted by Crippen LogP contribution is 2.43. The number of rotatable bonds is 4. The van der Waals surface area contributed by atoms with Gasteiger partial charge in [0.25, 0.3) is 5.91 Å². The normalized spacial score (nSPS) is 16.1. The molecule has 2 aromatic carbocycles. The predicted octanol–water partition coefficient (Wildman–Crippen LogP) is 5.68. The molecule has 1 N–H and O–H groups in total. The lowest BCUT2D eigenvalue weighted by molar-refractivity contribution is 0.0223. The molecular weight excluding hydrogens is 439 g/mol. The standard InChI is InChI=1S/C26H29FN2O5/c1-26(2,3)34-25(31)29-12-6-7-19(29)17-13-21-18(14-20(17)32-5)22(24(30)28-4)23(33-21)15-8-10-16(27)11-9-15/h8-11,13-14,19H,6-7,12H2,1-5H3,(H,28,30). The molecule has 8 heteroatoms. The van der Waals surface area contributed by atoms with Crippen LogP contribution < -0.4 is 10.1 Å². The van der Waals surface area contributed by atoms with Crippen LogP contribution in [-0.2, 0) is 4.74 Å². The Kier molecular flexibility index (Phi) is 6.25. The monoisotopic (exact) mass is 468 g/mol. The first-order chi connectivity index (χ1) is 16.1. The summed E-state index contributed by atoms with van der Waals surface area (Å²) in [6, 6.07) is 9.10. The predicted molar refractivity (Wildman–Crippen MR) is 126 cm³/mol. The van der Waals surface area contributed by atoms with Crippen molar-refractivity contribution in [3.05, 3.63) is 53.3 Å². The van der Waals surface area contributed by atoms with Crippen LogP contribution in [0.2, 0.25) is 0 Å². The van der Waals surface area contributed by atoms with Gasteiger partial charge in [0.1, 0.15) is 28.5 Å². The van der Waals surface area contributed by atoms with E-state index in [-0.39, 0.29) is 23.9 Å². The molecule has 1 aliphatic rings. The highest BCUT2D eigenvalue weighted by molar-refractivity contribution is 6.11. The summed E-state index contributed by atoms with van der Waals surface area (Å²) >= 11 is 0. The lowest BCUT2D eigenvalue weighted by Gasteiger charge is -2.29.